The fourth-order valence-corrected chi connectivity index (χ4v) is 3.42. The summed E-state index contributed by atoms with van der Waals surface area (Å²) in [5, 5.41) is 0.823. The highest BCUT2D eigenvalue weighted by Crippen LogP contribution is 2.35. The van der Waals surface area contributed by atoms with E-state index >= 15 is 0 Å². The Bertz CT molecular complexity index is 430. The molecule has 2 rings (SSSR count). The van der Waals surface area contributed by atoms with Gasteiger partial charge < -0.3 is 10.5 Å². The lowest BCUT2D eigenvalue weighted by atomic mass is 9.87. The van der Waals surface area contributed by atoms with Crippen molar-refractivity contribution in [1.29, 1.82) is 0 Å². The van der Waals surface area contributed by atoms with E-state index in [9.17, 15) is 0 Å². The minimum absolute atomic E-state index is 0.00901. The van der Waals surface area contributed by atoms with Crippen LogP contribution in [0.3, 0.4) is 0 Å². The van der Waals surface area contributed by atoms with E-state index in [1.165, 1.54) is 0 Å². The van der Waals surface area contributed by atoms with E-state index in [1.807, 2.05) is 18.2 Å². The zero-order valence-electron chi connectivity index (χ0n) is 12.4. The monoisotopic (exact) mass is 296 g/mol. The van der Waals surface area contributed by atoms with E-state index in [2.05, 4.69) is 24.9 Å². The van der Waals surface area contributed by atoms with E-state index in [-0.39, 0.29) is 11.6 Å². The normalized spacial score (nSPS) is 25.4. The number of nitrogens with two attached hydrogens (primary N) is 1. The lowest BCUT2D eigenvalue weighted by molar-refractivity contribution is 0.0595. The standard InChI is InChI=1S/C16H25ClN2O/c1-13(14-6-3-4-7-15(14)17)19(2)16(12-18)8-5-10-20-11-9-16/h3-4,6-7,13H,5,8-12,18H2,1-2H3. The first-order chi connectivity index (χ1) is 9.60. The van der Waals surface area contributed by atoms with Crippen LogP contribution in [0, 0.1) is 0 Å². The second-order valence-electron chi connectivity index (χ2n) is 5.70. The molecule has 1 aliphatic rings. The van der Waals surface area contributed by atoms with E-state index < -0.39 is 0 Å². The van der Waals surface area contributed by atoms with Crippen molar-refractivity contribution in [2.45, 2.75) is 37.8 Å². The molecule has 1 aromatic carbocycles. The summed E-state index contributed by atoms with van der Waals surface area (Å²) < 4.78 is 5.60. The van der Waals surface area contributed by atoms with Crippen LogP contribution in [0.15, 0.2) is 24.3 Å². The van der Waals surface area contributed by atoms with Gasteiger partial charge in [-0.3, -0.25) is 4.90 Å². The molecule has 4 heteroatoms. The average molecular weight is 297 g/mol. The van der Waals surface area contributed by atoms with Gasteiger partial charge in [-0.05, 0) is 44.9 Å². The highest BCUT2D eigenvalue weighted by molar-refractivity contribution is 6.31. The Morgan fingerprint density at radius 3 is 2.80 bits per heavy atom. The van der Waals surface area contributed by atoms with Crippen molar-refractivity contribution < 1.29 is 4.74 Å². The SMILES string of the molecule is CC(c1ccccc1Cl)N(C)C1(CN)CCCOCC1. The van der Waals surface area contributed by atoms with Crippen LogP contribution in [0.4, 0.5) is 0 Å². The predicted molar refractivity (Wildman–Crippen MR) is 84.1 cm³/mol. The number of nitrogens with zero attached hydrogens (tertiary/aromatic N) is 1. The van der Waals surface area contributed by atoms with Crippen molar-refractivity contribution in [3.8, 4) is 0 Å². The molecular weight excluding hydrogens is 272 g/mol. The predicted octanol–water partition coefficient (Wildman–Crippen LogP) is 3.23. The van der Waals surface area contributed by atoms with Gasteiger partial charge in [-0.15, -0.1) is 0 Å². The van der Waals surface area contributed by atoms with Crippen molar-refractivity contribution >= 4 is 11.6 Å². The number of rotatable bonds is 4. The summed E-state index contributed by atoms with van der Waals surface area (Å²) in [5.74, 6) is 0. The second kappa shape index (κ2) is 6.90. The third kappa shape index (κ3) is 3.17. The average Bonchev–Trinajstić information content (AvgIpc) is 2.72. The van der Waals surface area contributed by atoms with Gasteiger partial charge in [-0.1, -0.05) is 29.8 Å². The van der Waals surface area contributed by atoms with E-state index in [1.54, 1.807) is 0 Å². The van der Waals surface area contributed by atoms with Crippen LogP contribution in [0.2, 0.25) is 5.02 Å². The Morgan fingerprint density at radius 1 is 1.35 bits per heavy atom. The summed E-state index contributed by atoms with van der Waals surface area (Å²) in [6, 6.07) is 8.30. The first kappa shape index (κ1) is 15.8. The minimum atomic E-state index is 0.00901. The van der Waals surface area contributed by atoms with Crippen molar-refractivity contribution in [2.24, 2.45) is 5.73 Å². The number of ether oxygens (including phenoxy) is 1. The molecule has 2 atom stereocenters. The molecule has 0 amide bonds. The van der Waals surface area contributed by atoms with Gasteiger partial charge >= 0.3 is 0 Å². The Balaban J connectivity index is 2.23. The van der Waals surface area contributed by atoms with Crippen LogP contribution < -0.4 is 5.73 Å². The van der Waals surface area contributed by atoms with Crippen molar-refractivity contribution in [3.05, 3.63) is 34.9 Å². The van der Waals surface area contributed by atoms with Gasteiger partial charge in [0.05, 0.1) is 0 Å². The Morgan fingerprint density at radius 2 is 2.10 bits per heavy atom. The zero-order chi connectivity index (χ0) is 14.6. The number of hydrogen-bond donors (Lipinski definition) is 1. The van der Waals surface area contributed by atoms with Crippen LogP contribution in [0.25, 0.3) is 0 Å². The molecule has 3 nitrogen and oxygen atoms in total. The van der Waals surface area contributed by atoms with Gasteiger partial charge in [0.1, 0.15) is 0 Å². The molecule has 1 saturated heterocycles. The molecule has 0 aromatic heterocycles. The third-order valence-corrected chi connectivity index (χ3v) is 5.05. The summed E-state index contributed by atoms with van der Waals surface area (Å²) >= 11 is 6.34. The topological polar surface area (TPSA) is 38.5 Å². The van der Waals surface area contributed by atoms with Gasteiger partial charge in [0.15, 0.2) is 0 Å². The van der Waals surface area contributed by atoms with Crippen LogP contribution in [0.1, 0.15) is 37.8 Å². The van der Waals surface area contributed by atoms with Crippen LogP contribution in [-0.4, -0.2) is 37.2 Å². The molecule has 112 valence electrons. The van der Waals surface area contributed by atoms with Crippen molar-refractivity contribution in [2.75, 3.05) is 26.8 Å². The molecule has 2 N–H and O–H groups in total. The van der Waals surface area contributed by atoms with E-state index in [4.69, 9.17) is 22.1 Å². The Kier molecular flexibility index (Phi) is 5.44. The second-order valence-corrected chi connectivity index (χ2v) is 6.11. The maximum atomic E-state index is 6.34. The fraction of sp³-hybridized carbons (Fsp3) is 0.625. The molecule has 1 fully saturated rings. The zero-order valence-corrected chi connectivity index (χ0v) is 13.2. The Labute approximate surface area is 127 Å². The molecule has 0 spiro atoms. The van der Waals surface area contributed by atoms with Gasteiger partial charge in [0, 0.05) is 36.4 Å². The summed E-state index contributed by atoms with van der Waals surface area (Å²) in [6.45, 7) is 4.48. The molecule has 0 bridgehead atoms. The quantitative estimate of drug-likeness (QED) is 0.927. The number of halogens is 1. The summed E-state index contributed by atoms with van der Waals surface area (Å²) in [5.41, 5.74) is 7.30. The Hall–Kier alpha value is -0.610. The number of hydrogen-bond acceptors (Lipinski definition) is 3. The number of benzene rings is 1. The van der Waals surface area contributed by atoms with Gasteiger partial charge in [0.25, 0.3) is 0 Å². The van der Waals surface area contributed by atoms with Gasteiger partial charge in [-0.2, -0.15) is 0 Å². The molecule has 1 heterocycles. The minimum Gasteiger partial charge on any atom is -0.381 e. The van der Waals surface area contributed by atoms with Gasteiger partial charge in [0.2, 0.25) is 0 Å². The molecule has 0 saturated carbocycles. The molecule has 20 heavy (non-hydrogen) atoms. The van der Waals surface area contributed by atoms with E-state index in [0.29, 0.717) is 6.54 Å². The van der Waals surface area contributed by atoms with Gasteiger partial charge in [-0.25, -0.2) is 0 Å². The maximum absolute atomic E-state index is 6.34. The first-order valence-electron chi connectivity index (χ1n) is 7.36. The molecule has 1 aliphatic heterocycles. The first-order valence-corrected chi connectivity index (χ1v) is 7.74. The van der Waals surface area contributed by atoms with E-state index in [0.717, 1.165) is 43.1 Å². The molecule has 2 unspecified atom stereocenters. The van der Waals surface area contributed by atoms with Crippen LogP contribution in [-0.2, 0) is 4.74 Å². The van der Waals surface area contributed by atoms with Crippen LogP contribution >= 0.6 is 11.6 Å². The van der Waals surface area contributed by atoms with Crippen molar-refractivity contribution in [3.63, 3.8) is 0 Å². The molecular formula is C16H25ClN2O. The summed E-state index contributed by atoms with van der Waals surface area (Å²) in [6.07, 6.45) is 3.13. The van der Waals surface area contributed by atoms with Crippen LogP contribution in [0.5, 0.6) is 0 Å². The molecule has 1 aromatic rings. The highest BCUT2D eigenvalue weighted by Gasteiger charge is 2.37. The summed E-state index contributed by atoms with van der Waals surface area (Å²) in [7, 11) is 2.16. The molecule has 0 aliphatic carbocycles. The highest BCUT2D eigenvalue weighted by atomic mass is 35.5. The lowest BCUT2D eigenvalue weighted by Gasteiger charge is -2.44. The molecule has 0 radical (unpaired) electrons. The summed E-state index contributed by atoms with van der Waals surface area (Å²) in [4.78, 5) is 2.39. The fourth-order valence-electron chi connectivity index (χ4n) is 3.13. The third-order valence-electron chi connectivity index (χ3n) is 4.71. The van der Waals surface area contributed by atoms with Crippen molar-refractivity contribution in [1.82, 2.24) is 4.90 Å². The smallest absolute Gasteiger partial charge is 0.0484 e. The number of likely N-dealkylation sites (N-methyl/N-ethyl adjacent to an activating group) is 1. The largest absolute Gasteiger partial charge is 0.381 e. The lowest BCUT2D eigenvalue weighted by Crippen LogP contribution is -2.53. The maximum Gasteiger partial charge on any atom is 0.0484 e.